The number of hydrogen-bond acceptors (Lipinski definition) is 2. The van der Waals surface area contributed by atoms with Gasteiger partial charge >= 0.3 is 0 Å². The summed E-state index contributed by atoms with van der Waals surface area (Å²) in [5.41, 5.74) is 0.419. The molecule has 0 spiro atoms. The molecular formula is C12H24O2Si. The zero-order valence-electron chi connectivity index (χ0n) is 10.3. The van der Waals surface area contributed by atoms with Crippen LogP contribution in [0.5, 0.6) is 0 Å². The smallest absolute Gasteiger partial charge is 0.291 e. The average molecular weight is 228 g/mol. The summed E-state index contributed by atoms with van der Waals surface area (Å²) in [6.45, 7) is 4.71. The lowest BCUT2D eigenvalue weighted by atomic mass is 9.74. The van der Waals surface area contributed by atoms with Crippen LogP contribution in [0.2, 0.25) is 0 Å². The van der Waals surface area contributed by atoms with Gasteiger partial charge in [0.05, 0.1) is 0 Å². The number of carbonyl (C=O) groups is 1. The largest absolute Gasteiger partial charge is 0.529 e. The number of hydrogen-bond donors (Lipinski definition) is 0. The molecule has 1 aliphatic carbocycles. The van der Waals surface area contributed by atoms with Crippen molar-refractivity contribution in [1.82, 2.24) is 0 Å². The first-order chi connectivity index (χ1) is 7.06. The van der Waals surface area contributed by atoms with Gasteiger partial charge in [-0.05, 0) is 37.0 Å². The second-order valence-corrected chi connectivity index (χ2v) is 5.81. The van der Waals surface area contributed by atoms with E-state index in [4.69, 9.17) is 4.43 Å². The van der Waals surface area contributed by atoms with E-state index in [-0.39, 0.29) is 5.97 Å². The Balaban J connectivity index is 2.26. The highest BCUT2D eigenvalue weighted by atomic mass is 28.2. The summed E-state index contributed by atoms with van der Waals surface area (Å²) in [4.78, 5) is 11.0. The van der Waals surface area contributed by atoms with Crippen LogP contribution in [0, 0.1) is 11.3 Å². The van der Waals surface area contributed by atoms with Crippen LogP contribution in [0.15, 0.2) is 0 Å². The van der Waals surface area contributed by atoms with Gasteiger partial charge in [0.15, 0.2) is 0 Å². The predicted octanol–water partition coefficient (Wildman–Crippen LogP) is 2.20. The van der Waals surface area contributed by atoms with Gasteiger partial charge in [-0.25, -0.2) is 0 Å². The van der Waals surface area contributed by atoms with Crippen molar-refractivity contribution in [3.63, 3.8) is 0 Å². The molecule has 15 heavy (non-hydrogen) atoms. The molecule has 0 N–H and O–H groups in total. The Labute approximate surface area is 96.3 Å². The Morgan fingerprint density at radius 1 is 1.40 bits per heavy atom. The van der Waals surface area contributed by atoms with E-state index in [1.165, 1.54) is 25.7 Å². The van der Waals surface area contributed by atoms with Gasteiger partial charge in [0.2, 0.25) is 10.5 Å². The minimum absolute atomic E-state index is 0.0103. The zero-order valence-corrected chi connectivity index (χ0v) is 12.3. The molecule has 2 nitrogen and oxygen atoms in total. The zero-order chi connectivity index (χ0) is 11.3. The van der Waals surface area contributed by atoms with Crippen molar-refractivity contribution in [2.24, 2.45) is 11.3 Å². The Kier molecular flexibility index (Phi) is 4.83. The van der Waals surface area contributed by atoms with Crippen LogP contribution in [0.3, 0.4) is 0 Å². The Bertz CT molecular complexity index is 208. The van der Waals surface area contributed by atoms with E-state index >= 15 is 0 Å². The van der Waals surface area contributed by atoms with E-state index in [1.54, 1.807) is 0 Å². The molecule has 0 radical (unpaired) electrons. The molecule has 0 aromatic rings. The van der Waals surface area contributed by atoms with E-state index in [2.05, 4.69) is 13.8 Å². The van der Waals surface area contributed by atoms with E-state index in [0.717, 1.165) is 18.8 Å². The van der Waals surface area contributed by atoms with Crippen molar-refractivity contribution in [1.29, 1.82) is 0 Å². The third-order valence-electron chi connectivity index (χ3n) is 3.89. The lowest BCUT2D eigenvalue weighted by Gasteiger charge is -2.31. The molecule has 0 aromatic carbocycles. The number of rotatable bonds is 5. The number of carbonyl (C=O) groups excluding carboxylic acids is 1. The molecule has 0 aromatic heterocycles. The first-order valence-electron chi connectivity index (χ1n) is 6.13. The van der Waals surface area contributed by atoms with Gasteiger partial charge in [0.25, 0.3) is 5.97 Å². The van der Waals surface area contributed by atoms with Crippen LogP contribution < -0.4 is 0 Å². The maximum atomic E-state index is 11.0. The van der Waals surface area contributed by atoms with E-state index in [9.17, 15) is 4.79 Å². The molecule has 0 bridgehead atoms. The van der Waals surface area contributed by atoms with Crippen LogP contribution >= 0.6 is 0 Å². The fourth-order valence-electron chi connectivity index (χ4n) is 2.70. The first-order valence-corrected chi connectivity index (χ1v) is 6.95. The summed E-state index contributed by atoms with van der Waals surface area (Å²) in [7, 11) is 0.537. The summed E-state index contributed by atoms with van der Waals surface area (Å²) >= 11 is 0. The van der Waals surface area contributed by atoms with Gasteiger partial charge in [-0.15, -0.1) is 0 Å². The molecule has 0 aliphatic heterocycles. The molecule has 1 aliphatic rings. The molecule has 1 rings (SSSR count). The SMILES string of the molecule is CC(C)(CCCC(=O)O[SiH3])C1CCCC1. The molecule has 88 valence electrons. The highest BCUT2D eigenvalue weighted by molar-refractivity contribution is 6.05. The Hall–Kier alpha value is -0.313. The monoisotopic (exact) mass is 228 g/mol. The fourth-order valence-corrected chi connectivity index (χ4v) is 2.91. The van der Waals surface area contributed by atoms with Gasteiger partial charge in [0, 0.05) is 6.42 Å². The molecular weight excluding hydrogens is 204 g/mol. The van der Waals surface area contributed by atoms with Gasteiger partial charge in [-0.3, -0.25) is 4.79 Å². The molecule has 0 heterocycles. The van der Waals surface area contributed by atoms with Crippen molar-refractivity contribution in [2.75, 3.05) is 0 Å². The van der Waals surface area contributed by atoms with Gasteiger partial charge in [-0.1, -0.05) is 26.7 Å². The van der Waals surface area contributed by atoms with E-state index in [1.807, 2.05) is 0 Å². The minimum Gasteiger partial charge on any atom is -0.529 e. The third-order valence-corrected chi connectivity index (χ3v) is 4.35. The van der Waals surface area contributed by atoms with Crippen molar-refractivity contribution in [3.8, 4) is 0 Å². The van der Waals surface area contributed by atoms with Crippen LogP contribution in [-0.4, -0.2) is 16.5 Å². The van der Waals surface area contributed by atoms with Crippen molar-refractivity contribution in [3.05, 3.63) is 0 Å². The highest BCUT2D eigenvalue weighted by Gasteiger charge is 2.31. The highest BCUT2D eigenvalue weighted by Crippen LogP contribution is 2.42. The van der Waals surface area contributed by atoms with Gasteiger partial charge in [-0.2, -0.15) is 0 Å². The Morgan fingerprint density at radius 2 is 2.00 bits per heavy atom. The minimum atomic E-state index is -0.0103. The maximum absolute atomic E-state index is 11.0. The maximum Gasteiger partial charge on any atom is 0.291 e. The summed E-state index contributed by atoms with van der Waals surface area (Å²) in [6, 6.07) is 0. The second kappa shape index (κ2) is 5.68. The molecule has 1 saturated carbocycles. The van der Waals surface area contributed by atoms with Gasteiger partial charge < -0.3 is 4.43 Å². The van der Waals surface area contributed by atoms with Crippen molar-refractivity contribution < 1.29 is 9.22 Å². The van der Waals surface area contributed by atoms with Crippen molar-refractivity contribution >= 4 is 16.5 Å². The quantitative estimate of drug-likeness (QED) is 0.674. The second-order valence-electron chi connectivity index (χ2n) is 5.40. The van der Waals surface area contributed by atoms with E-state index in [0.29, 0.717) is 22.3 Å². The topological polar surface area (TPSA) is 26.3 Å². The summed E-state index contributed by atoms with van der Waals surface area (Å²) in [5, 5.41) is 0. The summed E-state index contributed by atoms with van der Waals surface area (Å²) in [5.74, 6) is 0.869. The normalized spacial score (nSPS) is 18.3. The molecule has 0 atom stereocenters. The van der Waals surface area contributed by atoms with Crippen LogP contribution in [0.1, 0.15) is 58.8 Å². The molecule has 0 unspecified atom stereocenters. The molecule has 0 saturated heterocycles. The van der Waals surface area contributed by atoms with E-state index < -0.39 is 0 Å². The lowest BCUT2D eigenvalue weighted by molar-refractivity contribution is -0.134. The summed E-state index contributed by atoms with van der Waals surface area (Å²) < 4.78 is 4.79. The first kappa shape index (κ1) is 12.8. The average Bonchev–Trinajstić information content (AvgIpc) is 2.70. The van der Waals surface area contributed by atoms with Gasteiger partial charge in [0.1, 0.15) is 0 Å². The Morgan fingerprint density at radius 3 is 2.53 bits per heavy atom. The van der Waals surface area contributed by atoms with Crippen LogP contribution in [0.25, 0.3) is 0 Å². The van der Waals surface area contributed by atoms with Crippen LogP contribution in [0.4, 0.5) is 0 Å². The molecule has 3 heteroatoms. The van der Waals surface area contributed by atoms with Crippen LogP contribution in [-0.2, 0) is 9.22 Å². The molecule has 1 fully saturated rings. The predicted molar refractivity (Wildman–Crippen MR) is 65.6 cm³/mol. The summed E-state index contributed by atoms with van der Waals surface area (Å²) in [6.07, 6.45) is 8.34. The standard InChI is InChI=1S/C12H24O2Si/c1-12(2,10-6-3-4-7-10)9-5-8-11(13)14-15/h10H,3-9H2,1-2,15H3. The van der Waals surface area contributed by atoms with Crippen molar-refractivity contribution in [2.45, 2.75) is 58.8 Å². The lowest BCUT2D eigenvalue weighted by Crippen LogP contribution is -2.22. The third kappa shape index (κ3) is 3.97. The fraction of sp³-hybridized carbons (Fsp3) is 0.917. The molecule has 0 amide bonds.